The van der Waals surface area contributed by atoms with Crippen molar-refractivity contribution < 1.29 is 14.0 Å². The van der Waals surface area contributed by atoms with Crippen LogP contribution in [-0.4, -0.2) is 35.0 Å². The lowest BCUT2D eigenvalue weighted by atomic mass is 9.81. The molecule has 0 aliphatic carbocycles. The number of pyridine rings is 1. The zero-order chi connectivity index (χ0) is 22.2. The van der Waals surface area contributed by atoms with E-state index in [2.05, 4.69) is 9.98 Å². The minimum Gasteiger partial charge on any atom is -0.294 e. The number of hydrogen-bond acceptors (Lipinski definition) is 4. The van der Waals surface area contributed by atoms with Crippen molar-refractivity contribution in [2.75, 3.05) is 7.05 Å². The normalized spacial score (nSPS) is 16.5. The fourth-order valence-electron chi connectivity index (χ4n) is 4.03. The van der Waals surface area contributed by atoms with Crippen LogP contribution < -0.4 is 0 Å². The van der Waals surface area contributed by atoms with Crippen LogP contribution >= 0.6 is 0 Å². The Morgan fingerprint density at radius 3 is 2.39 bits per heavy atom. The van der Waals surface area contributed by atoms with Crippen molar-refractivity contribution in [3.05, 3.63) is 65.6 Å². The van der Waals surface area contributed by atoms with Crippen molar-refractivity contribution in [2.45, 2.75) is 33.2 Å². The number of halogens is 1. The van der Waals surface area contributed by atoms with E-state index in [4.69, 9.17) is 0 Å². The molecule has 0 saturated carbocycles. The van der Waals surface area contributed by atoms with E-state index >= 15 is 0 Å². The molecule has 1 aromatic heterocycles. The number of rotatable bonds is 4. The molecule has 0 N–H and O–H groups in total. The molecule has 5 nitrogen and oxygen atoms in total. The van der Waals surface area contributed by atoms with Crippen molar-refractivity contribution in [3.63, 3.8) is 0 Å². The van der Waals surface area contributed by atoms with Crippen molar-refractivity contribution in [3.8, 4) is 11.1 Å². The zero-order valence-corrected chi connectivity index (χ0v) is 17.9. The molecule has 6 heteroatoms. The summed E-state index contributed by atoms with van der Waals surface area (Å²) in [7, 11) is 1.68. The topological polar surface area (TPSA) is 62.6 Å². The molecule has 2 heterocycles. The lowest BCUT2D eigenvalue weighted by molar-refractivity contribution is -0.153. The minimum atomic E-state index is -0.298. The third kappa shape index (κ3) is 4.38. The highest BCUT2D eigenvalue weighted by Gasteiger charge is 2.37. The fraction of sp³-hybridized carbons (Fsp3) is 0.280. The van der Waals surface area contributed by atoms with Crippen LogP contribution in [0.15, 0.2) is 53.5 Å². The van der Waals surface area contributed by atoms with Gasteiger partial charge >= 0.3 is 0 Å². The minimum absolute atomic E-state index is 0.145. The van der Waals surface area contributed by atoms with Gasteiger partial charge in [0, 0.05) is 31.5 Å². The summed E-state index contributed by atoms with van der Waals surface area (Å²) in [6, 6.07) is 14.0. The SMILES string of the molecule is C/N=C/c1cc(-c2ccc(F)cc2)c2ccc(CN3C(=O)CC(C)(C)CC3=O)cc2n1. The summed E-state index contributed by atoms with van der Waals surface area (Å²) in [4.78, 5) is 35.1. The number of aliphatic imine (C=N–C) groups is 1. The molecule has 158 valence electrons. The van der Waals surface area contributed by atoms with E-state index < -0.39 is 0 Å². The van der Waals surface area contributed by atoms with Gasteiger partial charge in [-0.2, -0.15) is 0 Å². The highest BCUT2D eigenvalue weighted by Crippen LogP contribution is 2.33. The highest BCUT2D eigenvalue weighted by atomic mass is 19.1. The molecule has 2 amide bonds. The molecule has 31 heavy (non-hydrogen) atoms. The number of carbonyl (C=O) groups excluding carboxylic acids is 2. The Labute approximate surface area is 180 Å². The lowest BCUT2D eigenvalue weighted by Gasteiger charge is -2.34. The summed E-state index contributed by atoms with van der Waals surface area (Å²) in [6.07, 6.45) is 2.38. The molecule has 1 saturated heterocycles. The van der Waals surface area contributed by atoms with E-state index in [0.717, 1.165) is 27.6 Å². The summed E-state index contributed by atoms with van der Waals surface area (Å²) >= 11 is 0. The second-order valence-electron chi connectivity index (χ2n) is 8.73. The van der Waals surface area contributed by atoms with Crippen molar-refractivity contribution in [2.24, 2.45) is 10.4 Å². The van der Waals surface area contributed by atoms with Gasteiger partial charge in [-0.1, -0.05) is 38.1 Å². The van der Waals surface area contributed by atoms with Crippen LogP contribution in [-0.2, 0) is 16.1 Å². The average Bonchev–Trinajstić information content (AvgIpc) is 2.70. The van der Waals surface area contributed by atoms with E-state index in [1.165, 1.54) is 17.0 Å². The summed E-state index contributed by atoms with van der Waals surface area (Å²) < 4.78 is 13.4. The summed E-state index contributed by atoms with van der Waals surface area (Å²) in [5.41, 5.74) is 3.73. The molecule has 1 aliphatic heterocycles. The van der Waals surface area contributed by atoms with Crippen molar-refractivity contribution in [1.82, 2.24) is 9.88 Å². The third-order valence-corrected chi connectivity index (χ3v) is 5.51. The van der Waals surface area contributed by atoms with Crippen LogP contribution in [0.4, 0.5) is 4.39 Å². The number of nitrogens with zero attached hydrogens (tertiary/aromatic N) is 3. The number of piperidine rings is 1. The first-order valence-electron chi connectivity index (χ1n) is 10.2. The second-order valence-corrected chi connectivity index (χ2v) is 8.73. The maximum absolute atomic E-state index is 13.4. The summed E-state index contributed by atoms with van der Waals surface area (Å²) in [6.45, 7) is 4.10. The fourth-order valence-corrected chi connectivity index (χ4v) is 4.03. The van der Waals surface area contributed by atoms with Crippen molar-refractivity contribution in [1.29, 1.82) is 0 Å². The van der Waals surface area contributed by atoms with Gasteiger partial charge < -0.3 is 0 Å². The number of hydrogen-bond donors (Lipinski definition) is 0. The number of amides is 2. The van der Waals surface area contributed by atoms with Gasteiger partial charge in [-0.3, -0.25) is 19.5 Å². The molecule has 0 bridgehead atoms. The molecule has 4 rings (SSSR count). The molecule has 1 aliphatic rings. The van der Waals surface area contributed by atoms with Crippen LogP contribution in [0, 0.1) is 11.2 Å². The van der Waals surface area contributed by atoms with Gasteiger partial charge in [-0.15, -0.1) is 0 Å². The molecule has 2 aromatic carbocycles. The van der Waals surface area contributed by atoms with E-state index in [-0.39, 0.29) is 29.6 Å². The van der Waals surface area contributed by atoms with Gasteiger partial charge in [-0.05, 0) is 46.4 Å². The Morgan fingerprint density at radius 2 is 1.74 bits per heavy atom. The Morgan fingerprint density at radius 1 is 1.06 bits per heavy atom. The maximum Gasteiger partial charge on any atom is 0.230 e. The third-order valence-electron chi connectivity index (χ3n) is 5.51. The molecule has 0 spiro atoms. The standard InChI is InChI=1S/C25H24FN3O2/c1-25(2)12-23(30)29(24(31)13-25)15-16-4-9-20-21(17-5-7-18(26)8-6-17)11-19(14-27-3)28-22(20)10-16/h4-11,14H,12-13,15H2,1-3H3/b27-14+. The Bertz CT molecular complexity index is 1180. The monoisotopic (exact) mass is 417 g/mol. The molecule has 0 atom stereocenters. The Hall–Kier alpha value is -3.41. The largest absolute Gasteiger partial charge is 0.294 e. The second kappa shape index (κ2) is 8.02. The van der Waals surface area contributed by atoms with Gasteiger partial charge in [0.1, 0.15) is 5.82 Å². The van der Waals surface area contributed by atoms with Gasteiger partial charge in [0.05, 0.1) is 17.8 Å². The number of aromatic nitrogens is 1. The molecule has 0 radical (unpaired) electrons. The van der Waals surface area contributed by atoms with Crippen LogP contribution in [0.1, 0.15) is 37.9 Å². The van der Waals surface area contributed by atoms with Crippen LogP contribution in [0.5, 0.6) is 0 Å². The highest BCUT2D eigenvalue weighted by molar-refractivity contribution is 5.99. The van der Waals surface area contributed by atoms with Gasteiger partial charge in [-0.25, -0.2) is 9.37 Å². The van der Waals surface area contributed by atoms with Crippen LogP contribution in [0.2, 0.25) is 0 Å². The molecule has 1 fully saturated rings. The predicted molar refractivity (Wildman–Crippen MR) is 119 cm³/mol. The van der Waals surface area contributed by atoms with E-state index in [9.17, 15) is 14.0 Å². The number of benzene rings is 2. The summed E-state index contributed by atoms with van der Waals surface area (Å²) in [5.74, 6) is -0.583. The Kier molecular flexibility index (Phi) is 5.39. The average molecular weight is 417 g/mol. The van der Waals surface area contributed by atoms with Crippen LogP contribution in [0.3, 0.4) is 0 Å². The predicted octanol–water partition coefficient (Wildman–Crippen LogP) is 4.76. The first-order valence-corrected chi connectivity index (χ1v) is 10.2. The molecule has 0 unspecified atom stereocenters. The zero-order valence-electron chi connectivity index (χ0n) is 17.9. The number of likely N-dealkylation sites (tertiary alicyclic amines) is 1. The van der Waals surface area contributed by atoms with Crippen LogP contribution in [0.25, 0.3) is 22.0 Å². The molecular formula is C25H24FN3O2. The number of fused-ring (bicyclic) bond motifs is 1. The molecule has 3 aromatic rings. The number of imide groups is 1. The van der Waals surface area contributed by atoms with Gasteiger partial charge in [0.25, 0.3) is 0 Å². The lowest BCUT2D eigenvalue weighted by Crippen LogP contribution is -2.45. The smallest absolute Gasteiger partial charge is 0.230 e. The maximum atomic E-state index is 13.4. The quantitative estimate of drug-likeness (QED) is 0.454. The summed E-state index contributed by atoms with van der Waals surface area (Å²) in [5, 5.41) is 0.904. The number of carbonyl (C=O) groups is 2. The Balaban J connectivity index is 1.74. The van der Waals surface area contributed by atoms with E-state index in [1.54, 1.807) is 25.4 Å². The van der Waals surface area contributed by atoms with Gasteiger partial charge in [0.15, 0.2) is 0 Å². The van der Waals surface area contributed by atoms with Crippen molar-refractivity contribution >= 4 is 28.9 Å². The van der Waals surface area contributed by atoms with E-state index in [1.807, 2.05) is 38.1 Å². The van der Waals surface area contributed by atoms with Gasteiger partial charge in [0.2, 0.25) is 11.8 Å². The molecular weight excluding hydrogens is 393 g/mol. The van der Waals surface area contributed by atoms with E-state index in [0.29, 0.717) is 18.5 Å². The first kappa shape index (κ1) is 20.8. The first-order chi connectivity index (χ1) is 14.8.